The fraction of sp³-hybridized carbons (Fsp3) is 0.136. The number of aryl methyl sites for hydroxylation is 1. The van der Waals surface area contributed by atoms with E-state index in [1.54, 1.807) is 10.8 Å². The van der Waals surface area contributed by atoms with E-state index in [-0.39, 0.29) is 16.4 Å². The van der Waals surface area contributed by atoms with Gasteiger partial charge in [-0.25, -0.2) is 9.48 Å². The predicted molar refractivity (Wildman–Crippen MR) is 120 cm³/mol. The number of hydrogen-bond acceptors (Lipinski definition) is 6. The van der Waals surface area contributed by atoms with Gasteiger partial charge in [-0.1, -0.05) is 29.8 Å². The molecule has 9 nitrogen and oxygen atoms in total. The third-order valence-electron chi connectivity index (χ3n) is 4.51. The monoisotopic (exact) mass is 454 g/mol. The van der Waals surface area contributed by atoms with Gasteiger partial charge in [0.05, 0.1) is 16.3 Å². The minimum absolute atomic E-state index is 0.0458. The van der Waals surface area contributed by atoms with Gasteiger partial charge >= 0.3 is 5.97 Å². The quantitative estimate of drug-likeness (QED) is 0.247. The molecule has 2 aromatic carbocycles. The van der Waals surface area contributed by atoms with Crippen LogP contribution in [-0.2, 0) is 14.3 Å². The summed E-state index contributed by atoms with van der Waals surface area (Å²) in [5.74, 6) is -1.46. The Morgan fingerprint density at radius 2 is 1.94 bits per heavy atom. The number of nitro groups is 1. The van der Waals surface area contributed by atoms with Crippen molar-refractivity contribution in [1.82, 2.24) is 9.78 Å². The van der Waals surface area contributed by atoms with Crippen LogP contribution in [0.3, 0.4) is 0 Å². The van der Waals surface area contributed by atoms with Crippen LogP contribution in [0.5, 0.6) is 0 Å². The van der Waals surface area contributed by atoms with Gasteiger partial charge in [0.2, 0.25) is 0 Å². The highest BCUT2D eigenvalue weighted by atomic mass is 35.5. The summed E-state index contributed by atoms with van der Waals surface area (Å²) in [5, 5.41) is 18.1. The molecule has 0 unspecified atom stereocenters. The molecule has 0 atom stereocenters. The van der Waals surface area contributed by atoms with Crippen LogP contribution in [0.4, 0.5) is 11.4 Å². The molecule has 32 heavy (non-hydrogen) atoms. The van der Waals surface area contributed by atoms with Gasteiger partial charge in [-0.2, -0.15) is 5.10 Å². The summed E-state index contributed by atoms with van der Waals surface area (Å²) in [7, 11) is 0. The molecule has 0 fully saturated rings. The first-order chi connectivity index (χ1) is 15.3. The second-order valence-electron chi connectivity index (χ2n) is 6.74. The van der Waals surface area contributed by atoms with Gasteiger partial charge in [-0.15, -0.1) is 0 Å². The average Bonchev–Trinajstić information content (AvgIpc) is 3.05. The number of hydrogen-bond donors (Lipinski definition) is 1. The fourth-order valence-electron chi connectivity index (χ4n) is 3.00. The summed E-state index contributed by atoms with van der Waals surface area (Å²) in [5.41, 5.74) is 2.80. The maximum atomic E-state index is 12.1. The summed E-state index contributed by atoms with van der Waals surface area (Å²) in [6, 6.07) is 13.4. The molecule has 1 amide bonds. The van der Waals surface area contributed by atoms with Crippen molar-refractivity contribution in [3.8, 4) is 5.69 Å². The van der Waals surface area contributed by atoms with Crippen molar-refractivity contribution in [3.05, 3.63) is 86.7 Å². The van der Waals surface area contributed by atoms with Crippen LogP contribution >= 0.6 is 11.6 Å². The minimum Gasteiger partial charge on any atom is -0.452 e. The van der Waals surface area contributed by atoms with Gasteiger partial charge < -0.3 is 10.1 Å². The van der Waals surface area contributed by atoms with Gasteiger partial charge in [0.15, 0.2) is 6.61 Å². The molecule has 1 N–H and O–H groups in total. The predicted octanol–water partition coefficient (Wildman–Crippen LogP) is 4.25. The number of carbonyl (C=O) groups excluding carboxylic acids is 2. The van der Waals surface area contributed by atoms with Gasteiger partial charge in [-0.05, 0) is 44.2 Å². The number of carbonyl (C=O) groups is 2. The molecule has 10 heteroatoms. The normalized spacial score (nSPS) is 10.8. The van der Waals surface area contributed by atoms with Crippen LogP contribution in [0.15, 0.2) is 54.6 Å². The lowest BCUT2D eigenvalue weighted by Crippen LogP contribution is -2.20. The highest BCUT2D eigenvalue weighted by Gasteiger charge is 2.17. The summed E-state index contributed by atoms with van der Waals surface area (Å²) >= 11 is 5.74. The lowest BCUT2D eigenvalue weighted by Gasteiger charge is -2.06. The van der Waals surface area contributed by atoms with E-state index < -0.39 is 23.4 Å². The van der Waals surface area contributed by atoms with E-state index in [0.29, 0.717) is 0 Å². The van der Waals surface area contributed by atoms with Crippen molar-refractivity contribution in [2.24, 2.45) is 0 Å². The Labute approximate surface area is 188 Å². The highest BCUT2D eigenvalue weighted by Crippen LogP contribution is 2.27. The number of amides is 1. The number of rotatable bonds is 7. The van der Waals surface area contributed by atoms with Gasteiger partial charge in [0.25, 0.3) is 11.6 Å². The maximum absolute atomic E-state index is 12.1. The first-order valence-corrected chi connectivity index (χ1v) is 9.84. The lowest BCUT2D eigenvalue weighted by atomic mass is 10.2. The van der Waals surface area contributed by atoms with Crippen molar-refractivity contribution in [2.45, 2.75) is 13.8 Å². The smallest absolute Gasteiger partial charge is 0.331 e. The second kappa shape index (κ2) is 9.88. The van der Waals surface area contributed by atoms with Gasteiger partial charge in [-0.3, -0.25) is 14.9 Å². The Kier molecular flexibility index (Phi) is 7.01. The molecule has 0 saturated carbocycles. The SMILES string of the molecule is Cc1nn(-c2ccccc2)c(C)c1/C=C/C(=O)OCC(=O)Nc1ccc(Cl)cc1[N+](=O)[O-]. The second-order valence-corrected chi connectivity index (χ2v) is 7.18. The van der Waals surface area contributed by atoms with Crippen molar-refractivity contribution >= 4 is 40.9 Å². The van der Waals surface area contributed by atoms with Crippen molar-refractivity contribution in [2.75, 3.05) is 11.9 Å². The Hall–Kier alpha value is -3.98. The first-order valence-electron chi connectivity index (χ1n) is 9.46. The fourth-order valence-corrected chi connectivity index (χ4v) is 3.17. The zero-order valence-electron chi connectivity index (χ0n) is 17.2. The number of ether oxygens (including phenoxy) is 1. The van der Waals surface area contributed by atoms with Crippen molar-refractivity contribution in [3.63, 3.8) is 0 Å². The van der Waals surface area contributed by atoms with Crippen LogP contribution in [0.2, 0.25) is 5.02 Å². The number of nitrogens with zero attached hydrogens (tertiary/aromatic N) is 3. The molecule has 0 saturated heterocycles. The molecule has 164 valence electrons. The molecule has 3 aromatic rings. The van der Waals surface area contributed by atoms with E-state index in [9.17, 15) is 19.7 Å². The van der Waals surface area contributed by atoms with E-state index in [0.717, 1.165) is 28.7 Å². The van der Waals surface area contributed by atoms with Crippen molar-refractivity contribution in [1.29, 1.82) is 0 Å². The molecule has 0 aliphatic carbocycles. The van der Waals surface area contributed by atoms with Crippen LogP contribution in [-0.4, -0.2) is 33.2 Å². The molecule has 0 radical (unpaired) electrons. The minimum atomic E-state index is -0.739. The Bertz CT molecular complexity index is 1200. The molecule has 0 aliphatic heterocycles. The molecule has 3 rings (SSSR count). The third-order valence-corrected chi connectivity index (χ3v) is 4.75. The number of anilines is 1. The van der Waals surface area contributed by atoms with E-state index >= 15 is 0 Å². The Morgan fingerprint density at radius 1 is 1.22 bits per heavy atom. The van der Waals surface area contributed by atoms with E-state index in [4.69, 9.17) is 16.3 Å². The lowest BCUT2D eigenvalue weighted by molar-refractivity contribution is -0.383. The Morgan fingerprint density at radius 3 is 2.62 bits per heavy atom. The van der Waals surface area contributed by atoms with Crippen LogP contribution in [0.25, 0.3) is 11.8 Å². The van der Waals surface area contributed by atoms with E-state index in [2.05, 4.69) is 10.4 Å². The average molecular weight is 455 g/mol. The largest absolute Gasteiger partial charge is 0.452 e. The topological polar surface area (TPSA) is 116 Å². The number of halogens is 1. The number of nitrogens with one attached hydrogen (secondary N) is 1. The molecular weight excluding hydrogens is 436 g/mol. The molecule has 0 spiro atoms. The Balaban J connectivity index is 1.62. The van der Waals surface area contributed by atoms with E-state index in [1.165, 1.54) is 18.2 Å². The molecule has 1 aromatic heterocycles. The van der Waals surface area contributed by atoms with Gasteiger partial charge in [0, 0.05) is 28.4 Å². The van der Waals surface area contributed by atoms with Gasteiger partial charge in [0.1, 0.15) is 5.69 Å². The number of benzene rings is 2. The zero-order valence-corrected chi connectivity index (χ0v) is 18.0. The summed E-state index contributed by atoms with van der Waals surface area (Å²) in [4.78, 5) is 34.5. The number of nitro benzene ring substituents is 1. The molecule has 0 bridgehead atoms. The zero-order chi connectivity index (χ0) is 23.3. The molecular formula is C22H19ClN4O5. The summed E-state index contributed by atoms with van der Waals surface area (Å²) in [6.07, 6.45) is 2.77. The maximum Gasteiger partial charge on any atom is 0.331 e. The van der Waals surface area contributed by atoms with E-state index in [1.807, 2.05) is 44.2 Å². The number of para-hydroxylation sites is 1. The summed E-state index contributed by atoms with van der Waals surface area (Å²) < 4.78 is 6.70. The first kappa shape index (κ1) is 22.7. The van der Waals surface area contributed by atoms with Crippen molar-refractivity contribution < 1.29 is 19.2 Å². The van der Waals surface area contributed by atoms with Crippen LogP contribution < -0.4 is 5.32 Å². The molecule has 0 aliphatic rings. The number of aromatic nitrogens is 2. The third kappa shape index (κ3) is 5.38. The van der Waals surface area contributed by atoms with Crippen LogP contribution in [0.1, 0.15) is 17.0 Å². The highest BCUT2D eigenvalue weighted by molar-refractivity contribution is 6.31. The van der Waals surface area contributed by atoms with Crippen LogP contribution in [0, 0.1) is 24.0 Å². The number of esters is 1. The summed E-state index contributed by atoms with van der Waals surface area (Å²) in [6.45, 7) is 3.10. The standard InChI is InChI=1S/C22H19ClN4O5/c1-14-18(15(2)26(25-14)17-6-4-3-5-7-17)9-11-22(29)32-13-21(28)24-19-10-8-16(23)12-20(19)27(30)31/h3-12H,13H2,1-2H3,(H,24,28)/b11-9+. The molecule has 1 heterocycles.